The highest BCUT2D eigenvalue weighted by Crippen LogP contribution is 2.14. The second-order valence-electron chi connectivity index (χ2n) is 4.91. The molecule has 0 heterocycles. The van der Waals surface area contributed by atoms with Crippen molar-refractivity contribution in [3.63, 3.8) is 0 Å². The topological polar surface area (TPSA) is 55.4 Å². The predicted molar refractivity (Wildman–Crippen MR) is 84.6 cm³/mol. The molecule has 0 aliphatic heterocycles. The van der Waals surface area contributed by atoms with Crippen LogP contribution in [-0.2, 0) is 16.1 Å². The molecule has 2 aromatic rings. The molecule has 120 valence electrons. The smallest absolute Gasteiger partial charge is 0.328 e. The zero-order valence-corrected chi connectivity index (χ0v) is 13.1. The Morgan fingerprint density at radius 2 is 1.83 bits per heavy atom. The lowest BCUT2D eigenvalue weighted by molar-refractivity contribution is -0.146. The molecule has 2 aromatic carbocycles. The number of benzene rings is 2. The molecule has 0 aliphatic rings. The van der Waals surface area contributed by atoms with Crippen LogP contribution in [0.3, 0.4) is 0 Å². The highest BCUT2D eigenvalue weighted by molar-refractivity contribution is 6.33. The van der Waals surface area contributed by atoms with E-state index in [1.807, 2.05) is 0 Å². The molecule has 0 saturated heterocycles. The van der Waals surface area contributed by atoms with Crippen LogP contribution in [-0.4, -0.2) is 17.9 Å². The van der Waals surface area contributed by atoms with Gasteiger partial charge in [-0.3, -0.25) is 4.79 Å². The van der Waals surface area contributed by atoms with Crippen LogP contribution in [0.25, 0.3) is 0 Å². The van der Waals surface area contributed by atoms with Crippen LogP contribution < -0.4 is 5.32 Å². The second-order valence-corrected chi connectivity index (χ2v) is 5.32. The summed E-state index contributed by atoms with van der Waals surface area (Å²) in [7, 11) is 0. The van der Waals surface area contributed by atoms with Crippen molar-refractivity contribution in [3.8, 4) is 0 Å². The highest BCUT2D eigenvalue weighted by atomic mass is 35.5. The Kier molecular flexibility index (Phi) is 5.71. The Hall–Kier alpha value is -2.40. The standard InChI is InChI=1S/C17H15ClFNO3/c1-11(20-16(21)14-4-2-3-5-15(14)18)17(22)23-10-12-6-8-13(19)9-7-12/h2-9,11H,10H2,1H3,(H,20,21). The van der Waals surface area contributed by atoms with Crippen molar-refractivity contribution in [2.45, 2.75) is 19.6 Å². The zero-order valence-electron chi connectivity index (χ0n) is 12.4. The summed E-state index contributed by atoms with van der Waals surface area (Å²) in [6.45, 7) is 1.52. The lowest BCUT2D eigenvalue weighted by Gasteiger charge is -2.14. The first-order valence-corrected chi connectivity index (χ1v) is 7.31. The molecule has 0 bridgehead atoms. The van der Waals surface area contributed by atoms with Crippen LogP contribution in [0.4, 0.5) is 4.39 Å². The monoisotopic (exact) mass is 335 g/mol. The van der Waals surface area contributed by atoms with Crippen molar-refractivity contribution >= 4 is 23.5 Å². The van der Waals surface area contributed by atoms with Crippen LogP contribution in [0, 0.1) is 5.82 Å². The molecule has 1 amide bonds. The van der Waals surface area contributed by atoms with Gasteiger partial charge in [0.25, 0.3) is 5.91 Å². The third kappa shape index (κ3) is 4.79. The lowest BCUT2D eigenvalue weighted by Crippen LogP contribution is -2.39. The van der Waals surface area contributed by atoms with Crippen LogP contribution in [0.2, 0.25) is 5.02 Å². The van der Waals surface area contributed by atoms with Gasteiger partial charge in [0, 0.05) is 0 Å². The summed E-state index contributed by atoms with van der Waals surface area (Å²) in [4.78, 5) is 23.9. The third-order valence-electron chi connectivity index (χ3n) is 3.11. The van der Waals surface area contributed by atoms with Gasteiger partial charge in [-0.25, -0.2) is 9.18 Å². The maximum atomic E-state index is 12.8. The maximum Gasteiger partial charge on any atom is 0.328 e. The number of rotatable bonds is 5. The Balaban J connectivity index is 1.88. The molecule has 1 unspecified atom stereocenters. The van der Waals surface area contributed by atoms with Crippen LogP contribution >= 0.6 is 11.6 Å². The van der Waals surface area contributed by atoms with E-state index in [2.05, 4.69) is 5.32 Å². The van der Waals surface area contributed by atoms with E-state index in [-0.39, 0.29) is 18.0 Å². The number of ether oxygens (including phenoxy) is 1. The van der Waals surface area contributed by atoms with Gasteiger partial charge in [0.1, 0.15) is 18.5 Å². The number of carbonyl (C=O) groups is 2. The average Bonchev–Trinajstić information content (AvgIpc) is 2.54. The summed E-state index contributed by atoms with van der Waals surface area (Å²) >= 11 is 5.93. The molecule has 0 aromatic heterocycles. The van der Waals surface area contributed by atoms with Crippen molar-refractivity contribution < 1.29 is 18.7 Å². The normalized spacial score (nSPS) is 11.6. The van der Waals surface area contributed by atoms with Crippen LogP contribution in [0.15, 0.2) is 48.5 Å². The van der Waals surface area contributed by atoms with Crippen molar-refractivity contribution in [1.29, 1.82) is 0 Å². The Labute approximate surface area is 138 Å². The molecule has 1 N–H and O–H groups in total. The number of hydrogen-bond acceptors (Lipinski definition) is 3. The van der Waals surface area contributed by atoms with Gasteiger partial charge < -0.3 is 10.1 Å². The Morgan fingerprint density at radius 3 is 2.48 bits per heavy atom. The van der Waals surface area contributed by atoms with Crippen molar-refractivity contribution in [3.05, 3.63) is 70.5 Å². The number of amides is 1. The van der Waals surface area contributed by atoms with E-state index in [1.54, 1.807) is 24.3 Å². The number of hydrogen-bond donors (Lipinski definition) is 1. The third-order valence-corrected chi connectivity index (χ3v) is 3.44. The molecule has 0 saturated carbocycles. The number of carbonyl (C=O) groups excluding carboxylic acids is 2. The second kappa shape index (κ2) is 7.74. The van der Waals surface area contributed by atoms with Gasteiger partial charge in [0.15, 0.2) is 0 Å². The Morgan fingerprint density at radius 1 is 1.17 bits per heavy atom. The molecule has 23 heavy (non-hydrogen) atoms. The van der Waals surface area contributed by atoms with E-state index < -0.39 is 17.9 Å². The SMILES string of the molecule is CC(NC(=O)c1ccccc1Cl)C(=O)OCc1ccc(F)cc1. The minimum atomic E-state index is -0.834. The molecule has 6 heteroatoms. The van der Waals surface area contributed by atoms with Gasteiger partial charge in [-0.05, 0) is 36.8 Å². The fourth-order valence-corrected chi connectivity index (χ4v) is 2.06. The number of halogens is 2. The predicted octanol–water partition coefficient (Wildman–Crippen LogP) is 3.34. The summed E-state index contributed by atoms with van der Waals surface area (Å²) in [5, 5.41) is 2.83. The molecule has 2 rings (SSSR count). The summed E-state index contributed by atoms with van der Waals surface area (Å²) in [6, 6.07) is 11.3. The highest BCUT2D eigenvalue weighted by Gasteiger charge is 2.19. The van der Waals surface area contributed by atoms with E-state index in [0.29, 0.717) is 10.6 Å². The first-order valence-electron chi connectivity index (χ1n) is 6.94. The first kappa shape index (κ1) is 17.0. The molecule has 4 nitrogen and oxygen atoms in total. The molecule has 0 fully saturated rings. The molecule has 1 atom stereocenters. The largest absolute Gasteiger partial charge is 0.459 e. The van der Waals surface area contributed by atoms with E-state index in [4.69, 9.17) is 16.3 Å². The quantitative estimate of drug-likeness (QED) is 0.853. The zero-order chi connectivity index (χ0) is 16.8. The van der Waals surface area contributed by atoms with Gasteiger partial charge in [0.05, 0.1) is 10.6 Å². The van der Waals surface area contributed by atoms with Crippen molar-refractivity contribution in [1.82, 2.24) is 5.32 Å². The van der Waals surface area contributed by atoms with Crippen molar-refractivity contribution in [2.75, 3.05) is 0 Å². The summed E-state index contributed by atoms with van der Waals surface area (Å²) in [6.07, 6.45) is 0. The minimum Gasteiger partial charge on any atom is -0.459 e. The molecule has 0 spiro atoms. The van der Waals surface area contributed by atoms with E-state index in [1.165, 1.54) is 31.2 Å². The molecular formula is C17H15ClFNO3. The first-order chi connectivity index (χ1) is 11.0. The maximum absolute atomic E-state index is 12.8. The van der Waals surface area contributed by atoms with E-state index in [9.17, 15) is 14.0 Å². The summed E-state index contributed by atoms with van der Waals surface area (Å²) < 4.78 is 17.9. The van der Waals surface area contributed by atoms with Crippen molar-refractivity contribution in [2.24, 2.45) is 0 Å². The van der Waals surface area contributed by atoms with Gasteiger partial charge in [-0.1, -0.05) is 35.9 Å². The van der Waals surface area contributed by atoms with E-state index in [0.717, 1.165) is 0 Å². The summed E-state index contributed by atoms with van der Waals surface area (Å²) in [5.74, 6) is -1.41. The summed E-state index contributed by atoms with van der Waals surface area (Å²) in [5.41, 5.74) is 0.941. The fraction of sp³-hybridized carbons (Fsp3) is 0.176. The number of esters is 1. The van der Waals surface area contributed by atoms with Crippen LogP contribution in [0.1, 0.15) is 22.8 Å². The molecular weight excluding hydrogens is 321 g/mol. The van der Waals surface area contributed by atoms with Gasteiger partial charge in [-0.15, -0.1) is 0 Å². The van der Waals surface area contributed by atoms with E-state index >= 15 is 0 Å². The molecule has 0 radical (unpaired) electrons. The van der Waals surface area contributed by atoms with Gasteiger partial charge in [0.2, 0.25) is 0 Å². The number of nitrogens with one attached hydrogen (secondary N) is 1. The fourth-order valence-electron chi connectivity index (χ4n) is 1.84. The minimum absolute atomic E-state index is 0.00537. The van der Waals surface area contributed by atoms with Gasteiger partial charge >= 0.3 is 5.97 Å². The van der Waals surface area contributed by atoms with Gasteiger partial charge in [-0.2, -0.15) is 0 Å². The molecule has 0 aliphatic carbocycles. The lowest BCUT2D eigenvalue weighted by atomic mass is 10.2. The Bertz CT molecular complexity index is 703. The average molecular weight is 336 g/mol. The van der Waals surface area contributed by atoms with Crippen LogP contribution in [0.5, 0.6) is 0 Å².